The van der Waals surface area contributed by atoms with Crippen LogP contribution >= 0.6 is 0 Å². The van der Waals surface area contributed by atoms with E-state index in [-0.39, 0.29) is 11.9 Å². The van der Waals surface area contributed by atoms with E-state index in [1.807, 2.05) is 59.5 Å². The van der Waals surface area contributed by atoms with Crippen molar-refractivity contribution >= 4 is 22.6 Å². The van der Waals surface area contributed by atoms with Crippen LogP contribution in [0.4, 0.5) is 5.82 Å². The van der Waals surface area contributed by atoms with Crippen molar-refractivity contribution in [3.63, 3.8) is 0 Å². The van der Waals surface area contributed by atoms with E-state index in [1.54, 1.807) is 0 Å². The van der Waals surface area contributed by atoms with E-state index >= 15 is 0 Å². The second-order valence-electron chi connectivity index (χ2n) is 6.01. The minimum atomic E-state index is -0.299. The molecular weight excluding hydrogens is 300 g/mol. The Morgan fingerprint density at radius 3 is 2.58 bits per heavy atom. The van der Waals surface area contributed by atoms with Gasteiger partial charge in [0, 0.05) is 17.5 Å². The van der Waals surface area contributed by atoms with Gasteiger partial charge in [0.2, 0.25) is 5.91 Å². The predicted molar refractivity (Wildman–Crippen MR) is 94.5 cm³/mol. The number of fused-ring (bicyclic) bond motifs is 1. The monoisotopic (exact) mass is 318 g/mol. The Balaban J connectivity index is 1.92. The van der Waals surface area contributed by atoms with Crippen molar-refractivity contribution in [1.29, 1.82) is 0 Å². The summed E-state index contributed by atoms with van der Waals surface area (Å²) in [6.45, 7) is 0.781. The van der Waals surface area contributed by atoms with Crippen molar-refractivity contribution in [2.45, 2.75) is 18.9 Å². The number of amides is 1. The number of carbonyl (C=O) groups is 1. The van der Waals surface area contributed by atoms with Crippen LogP contribution in [0.15, 0.2) is 54.6 Å². The van der Waals surface area contributed by atoms with Crippen LogP contribution in [0.3, 0.4) is 0 Å². The third-order valence-corrected chi connectivity index (χ3v) is 4.47. The van der Waals surface area contributed by atoms with E-state index in [1.165, 1.54) is 0 Å². The maximum absolute atomic E-state index is 11.8. The lowest BCUT2D eigenvalue weighted by Gasteiger charge is -2.25. The summed E-state index contributed by atoms with van der Waals surface area (Å²) in [5.74, 6) is 1.16. The maximum atomic E-state index is 11.8. The summed E-state index contributed by atoms with van der Waals surface area (Å²) in [4.78, 5) is 23.3. The van der Waals surface area contributed by atoms with Gasteiger partial charge in [-0.15, -0.1) is 0 Å². The first-order chi connectivity index (χ1) is 11.7. The Morgan fingerprint density at radius 1 is 1.04 bits per heavy atom. The Bertz CT molecular complexity index is 894. The molecule has 2 aromatic carbocycles. The lowest BCUT2D eigenvalue weighted by molar-refractivity contribution is -0.119. The molecule has 2 heterocycles. The molecule has 0 unspecified atom stereocenters. The number of aromatic nitrogens is 2. The third kappa shape index (κ3) is 2.48. The number of hydrogen-bond acceptors (Lipinski definition) is 4. The summed E-state index contributed by atoms with van der Waals surface area (Å²) in [5, 5.41) is 0.949. The highest BCUT2D eigenvalue weighted by Gasteiger charge is 2.31. The molecule has 0 saturated carbocycles. The van der Waals surface area contributed by atoms with E-state index in [4.69, 9.17) is 15.7 Å². The van der Waals surface area contributed by atoms with Crippen molar-refractivity contribution < 1.29 is 4.79 Å². The number of primary amides is 1. The van der Waals surface area contributed by atoms with Gasteiger partial charge in [0.05, 0.1) is 5.52 Å². The molecule has 1 aromatic heterocycles. The molecule has 0 radical (unpaired) electrons. The van der Waals surface area contributed by atoms with Gasteiger partial charge < -0.3 is 10.6 Å². The number of anilines is 1. The molecule has 1 aliphatic rings. The molecule has 4 rings (SSSR count). The summed E-state index contributed by atoms with van der Waals surface area (Å²) < 4.78 is 0. The van der Waals surface area contributed by atoms with Crippen LogP contribution in [0.1, 0.15) is 12.8 Å². The quantitative estimate of drug-likeness (QED) is 0.806. The first-order valence-electron chi connectivity index (χ1n) is 8.12. The van der Waals surface area contributed by atoms with Gasteiger partial charge in [0.1, 0.15) is 11.9 Å². The highest BCUT2D eigenvalue weighted by molar-refractivity contribution is 5.94. The van der Waals surface area contributed by atoms with Crippen LogP contribution in [-0.4, -0.2) is 28.5 Å². The summed E-state index contributed by atoms with van der Waals surface area (Å²) in [7, 11) is 0. The predicted octanol–water partition coefficient (Wildman–Crippen LogP) is 2.75. The molecule has 1 atom stereocenters. The van der Waals surface area contributed by atoms with Gasteiger partial charge in [-0.25, -0.2) is 9.97 Å². The molecule has 0 spiro atoms. The number of rotatable bonds is 3. The molecule has 5 heteroatoms. The van der Waals surface area contributed by atoms with Gasteiger partial charge in [-0.05, 0) is 25.0 Å². The minimum absolute atomic E-state index is 0.295. The molecule has 1 fully saturated rings. The summed E-state index contributed by atoms with van der Waals surface area (Å²) in [6, 6.07) is 17.5. The molecule has 3 aromatic rings. The van der Waals surface area contributed by atoms with Crippen LogP contribution in [0.25, 0.3) is 22.3 Å². The largest absolute Gasteiger partial charge is 0.368 e. The number of hydrogen-bond donors (Lipinski definition) is 1. The van der Waals surface area contributed by atoms with Crippen LogP contribution in [0.2, 0.25) is 0 Å². The van der Waals surface area contributed by atoms with Crippen molar-refractivity contribution in [3.8, 4) is 11.4 Å². The molecular formula is C19H18N4O. The summed E-state index contributed by atoms with van der Waals surface area (Å²) in [5.41, 5.74) is 7.42. The molecule has 120 valence electrons. The number of para-hydroxylation sites is 1. The van der Waals surface area contributed by atoms with Gasteiger partial charge >= 0.3 is 0 Å². The van der Waals surface area contributed by atoms with Crippen LogP contribution in [0.5, 0.6) is 0 Å². The van der Waals surface area contributed by atoms with Gasteiger partial charge in [0.15, 0.2) is 5.82 Å². The summed E-state index contributed by atoms with van der Waals surface area (Å²) >= 11 is 0. The highest BCUT2D eigenvalue weighted by Crippen LogP contribution is 2.32. The lowest BCUT2D eigenvalue weighted by Crippen LogP contribution is -2.40. The molecule has 24 heavy (non-hydrogen) atoms. The Morgan fingerprint density at radius 2 is 1.79 bits per heavy atom. The fourth-order valence-corrected chi connectivity index (χ4v) is 3.31. The molecule has 0 aliphatic carbocycles. The fourth-order valence-electron chi connectivity index (χ4n) is 3.31. The Labute approximate surface area is 140 Å². The van der Waals surface area contributed by atoms with E-state index in [0.717, 1.165) is 41.7 Å². The lowest BCUT2D eigenvalue weighted by atomic mass is 10.1. The van der Waals surface area contributed by atoms with Gasteiger partial charge in [0.25, 0.3) is 0 Å². The van der Waals surface area contributed by atoms with Gasteiger partial charge in [-0.1, -0.05) is 42.5 Å². The van der Waals surface area contributed by atoms with E-state index in [2.05, 4.69) is 0 Å². The smallest absolute Gasteiger partial charge is 0.240 e. The zero-order valence-corrected chi connectivity index (χ0v) is 13.2. The maximum Gasteiger partial charge on any atom is 0.240 e. The molecule has 2 N–H and O–H groups in total. The first kappa shape index (κ1) is 14.6. The Kier molecular flexibility index (Phi) is 3.61. The number of carbonyl (C=O) groups excluding carboxylic acids is 1. The molecule has 1 saturated heterocycles. The van der Waals surface area contributed by atoms with Crippen molar-refractivity contribution in [1.82, 2.24) is 9.97 Å². The molecule has 5 nitrogen and oxygen atoms in total. The van der Waals surface area contributed by atoms with Crippen molar-refractivity contribution in [2.75, 3.05) is 11.4 Å². The first-order valence-corrected chi connectivity index (χ1v) is 8.12. The average molecular weight is 318 g/mol. The highest BCUT2D eigenvalue weighted by atomic mass is 16.1. The fraction of sp³-hybridized carbons (Fsp3) is 0.211. The van der Waals surface area contributed by atoms with Gasteiger partial charge in [-0.3, -0.25) is 4.79 Å². The Hall–Kier alpha value is -2.95. The summed E-state index contributed by atoms with van der Waals surface area (Å²) in [6.07, 6.45) is 1.71. The average Bonchev–Trinajstić information content (AvgIpc) is 3.11. The zero-order valence-electron chi connectivity index (χ0n) is 13.2. The van der Waals surface area contributed by atoms with Gasteiger partial charge in [-0.2, -0.15) is 0 Å². The normalized spacial score (nSPS) is 17.3. The van der Waals surface area contributed by atoms with E-state index in [9.17, 15) is 4.79 Å². The van der Waals surface area contributed by atoms with Crippen LogP contribution < -0.4 is 10.6 Å². The zero-order chi connectivity index (χ0) is 16.5. The van der Waals surface area contributed by atoms with E-state index in [0.29, 0.717) is 5.82 Å². The number of nitrogens with two attached hydrogens (primary N) is 1. The van der Waals surface area contributed by atoms with Crippen LogP contribution in [0, 0.1) is 0 Å². The van der Waals surface area contributed by atoms with Crippen molar-refractivity contribution in [2.24, 2.45) is 5.73 Å². The topological polar surface area (TPSA) is 72.1 Å². The molecule has 0 bridgehead atoms. The molecule has 1 aliphatic heterocycles. The standard InChI is InChI=1S/C19H18N4O/c20-17(24)16-11-6-12-23(16)19-14-9-4-5-10-15(14)21-18(22-19)13-7-2-1-3-8-13/h1-5,7-10,16H,6,11-12H2,(H2,20,24)/t16-/m0/s1. The molecule has 1 amide bonds. The number of nitrogens with zero attached hydrogens (tertiary/aromatic N) is 3. The van der Waals surface area contributed by atoms with Crippen LogP contribution in [-0.2, 0) is 4.79 Å². The second-order valence-corrected chi connectivity index (χ2v) is 6.01. The SMILES string of the molecule is NC(=O)[C@@H]1CCCN1c1nc(-c2ccccc2)nc2ccccc12. The van der Waals surface area contributed by atoms with Crippen molar-refractivity contribution in [3.05, 3.63) is 54.6 Å². The minimum Gasteiger partial charge on any atom is -0.368 e. The third-order valence-electron chi connectivity index (χ3n) is 4.47. The van der Waals surface area contributed by atoms with E-state index < -0.39 is 0 Å². The number of benzene rings is 2. The second kappa shape index (κ2) is 5.92.